The standard InChI is InChI=1S/C13H14Cl2N2S/c1-7-9(3)18-13(16-7)17-8(2)11-5-4-10(14)6-12(11)15/h4-6,8H,1-3H3,(H,16,17). The summed E-state index contributed by atoms with van der Waals surface area (Å²) in [4.78, 5) is 5.69. The fourth-order valence-electron chi connectivity index (χ4n) is 1.65. The lowest BCUT2D eigenvalue weighted by atomic mass is 10.1. The number of thiazole rings is 1. The number of nitrogens with zero attached hydrogens (tertiary/aromatic N) is 1. The van der Waals surface area contributed by atoms with Gasteiger partial charge in [-0.2, -0.15) is 0 Å². The highest BCUT2D eigenvalue weighted by atomic mass is 35.5. The van der Waals surface area contributed by atoms with Crippen molar-refractivity contribution in [3.8, 4) is 0 Å². The molecule has 18 heavy (non-hydrogen) atoms. The first kappa shape index (κ1) is 13.7. The average molecular weight is 301 g/mol. The van der Waals surface area contributed by atoms with E-state index >= 15 is 0 Å². The quantitative estimate of drug-likeness (QED) is 0.838. The minimum atomic E-state index is 0.0970. The normalized spacial score (nSPS) is 12.5. The van der Waals surface area contributed by atoms with Crippen LogP contribution < -0.4 is 5.32 Å². The molecule has 0 spiro atoms. The second kappa shape index (κ2) is 5.47. The molecular formula is C13H14Cl2N2S. The summed E-state index contributed by atoms with van der Waals surface area (Å²) in [6.45, 7) is 6.14. The van der Waals surface area contributed by atoms with Crippen molar-refractivity contribution >= 4 is 39.7 Å². The first-order chi connectivity index (χ1) is 8.47. The van der Waals surface area contributed by atoms with E-state index < -0.39 is 0 Å². The molecule has 0 radical (unpaired) electrons. The smallest absolute Gasteiger partial charge is 0.183 e. The largest absolute Gasteiger partial charge is 0.355 e. The van der Waals surface area contributed by atoms with E-state index in [9.17, 15) is 0 Å². The van der Waals surface area contributed by atoms with Crippen LogP contribution in [0, 0.1) is 13.8 Å². The van der Waals surface area contributed by atoms with Crippen molar-refractivity contribution in [2.45, 2.75) is 26.8 Å². The van der Waals surface area contributed by atoms with Crippen LogP contribution in [-0.4, -0.2) is 4.98 Å². The third-order valence-corrected chi connectivity index (χ3v) is 4.36. The fourth-order valence-corrected chi connectivity index (χ4v) is 3.12. The minimum Gasteiger partial charge on any atom is -0.355 e. The molecule has 0 bridgehead atoms. The summed E-state index contributed by atoms with van der Waals surface area (Å²) in [6.07, 6.45) is 0. The number of nitrogens with one attached hydrogen (secondary N) is 1. The van der Waals surface area contributed by atoms with Crippen molar-refractivity contribution in [1.29, 1.82) is 0 Å². The van der Waals surface area contributed by atoms with Gasteiger partial charge in [0, 0.05) is 14.9 Å². The third-order valence-electron chi connectivity index (χ3n) is 2.80. The summed E-state index contributed by atoms with van der Waals surface area (Å²) in [5, 5.41) is 5.60. The molecule has 0 aliphatic heterocycles. The molecule has 0 aliphatic rings. The van der Waals surface area contributed by atoms with Gasteiger partial charge in [0.15, 0.2) is 5.13 Å². The second-order valence-corrected chi connectivity index (χ2v) is 6.24. The highest BCUT2D eigenvalue weighted by Gasteiger charge is 2.12. The Morgan fingerprint density at radius 2 is 2.00 bits per heavy atom. The zero-order valence-corrected chi connectivity index (χ0v) is 12.7. The summed E-state index contributed by atoms with van der Waals surface area (Å²) in [5.41, 5.74) is 2.09. The number of hydrogen-bond acceptors (Lipinski definition) is 3. The van der Waals surface area contributed by atoms with Gasteiger partial charge < -0.3 is 5.32 Å². The molecule has 5 heteroatoms. The Bertz CT molecular complexity index is 547. The van der Waals surface area contributed by atoms with Crippen molar-refractivity contribution in [2.75, 3.05) is 5.32 Å². The number of aromatic nitrogens is 1. The lowest BCUT2D eigenvalue weighted by Gasteiger charge is -2.15. The summed E-state index contributed by atoms with van der Waals surface area (Å²) >= 11 is 13.7. The monoisotopic (exact) mass is 300 g/mol. The van der Waals surface area contributed by atoms with Gasteiger partial charge in [0.05, 0.1) is 11.7 Å². The summed E-state index contributed by atoms with van der Waals surface area (Å²) in [5.74, 6) is 0. The van der Waals surface area contributed by atoms with Crippen LogP contribution in [-0.2, 0) is 0 Å². The Labute approximate surface area is 121 Å². The molecule has 2 rings (SSSR count). The number of hydrogen-bond donors (Lipinski definition) is 1. The Morgan fingerprint density at radius 3 is 2.56 bits per heavy atom. The van der Waals surface area contributed by atoms with Gasteiger partial charge in [0.25, 0.3) is 0 Å². The number of benzene rings is 1. The number of halogens is 2. The minimum absolute atomic E-state index is 0.0970. The Balaban J connectivity index is 2.19. The zero-order chi connectivity index (χ0) is 13.3. The van der Waals surface area contributed by atoms with Crippen LogP contribution in [0.1, 0.15) is 29.1 Å². The summed E-state index contributed by atoms with van der Waals surface area (Å²) < 4.78 is 0. The first-order valence-corrected chi connectivity index (χ1v) is 7.20. The van der Waals surface area contributed by atoms with E-state index in [-0.39, 0.29) is 6.04 Å². The second-order valence-electron chi connectivity index (χ2n) is 4.19. The predicted octanol–water partition coefficient (Wildman–Crippen LogP) is 5.24. The molecular weight excluding hydrogens is 287 g/mol. The Morgan fingerprint density at radius 1 is 1.28 bits per heavy atom. The number of anilines is 1. The van der Waals surface area contributed by atoms with Gasteiger partial charge in [0.1, 0.15) is 0 Å². The van der Waals surface area contributed by atoms with Crippen LogP contribution in [0.5, 0.6) is 0 Å². The predicted molar refractivity (Wildman–Crippen MR) is 80.1 cm³/mol. The maximum absolute atomic E-state index is 6.19. The topological polar surface area (TPSA) is 24.9 Å². The van der Waals surface area contributed by atoms with Crippen LogP contribution in [0.2, 0.25) is 10.0 Å². The van der Waals surface area contributed by atoms with Crippen LogP contribution in [0.4, 0.5) is 5.13 Å². The number of aryl methyl sites for hydroxylation is 2. The van der Waals surface area contributed by atoms with Crippen LogP contribution in [0.25, 0.3) is 0 Å². The van der Waals surface area contributed by atoms with E-state index in [2.05, 4.69) is 24.1 Å². The molecule has 2 aromatic rings. The lowest BCUT2D eigenvalue weighted by Crippen LogP contribution is -2.06. The molecule has 1 aromatic carbocycles. The Kier molecular flexibility index (Phi) is 4.15. The van der Waals surface area contributed by atoms with Gasteiger partial charge in [-0.25, -0.2) is 4.98 Å². The van der Waals surface area contributed by atoms with Crippen LogP contribution >= 0.6 is 34.5 Å². The van der Waals surface area contributed by atoms with Crippen LogP contribution in [0.3, 0.4) is 0 Å². The van der Waals surface area contributed by atoms with Gasteiger partial charge >= 0.3 is 0 Å². The molecule has 0 aliphatic carbocycles. The maximum atomic E-state index is 6.19. The highest BCUT2D eigenvalue weighted by Crippen LogP contribution is 2.30. The first-order valence-electron chi connectivity index (χ1n) is 5.63. The molecule has 1 heterocycles. The van der Waals surface area contributed by atoms with E-state index in [4.69, 9.17) is 23.2 Å². The Hall–Kier alpha value is -0.770. The van der Waals surface area contributed by atoms with Crippen molar-refractivity contribution in [2.24, 2.45) is 0 Å². The van der Waals surface area contributed by atoms with Gasteiger partial charge in [-0.15, -0.1) is 11.3 Å². The SMILES string of the molecule is Cc1nc(NC(C)c2ccc(Cl)cc2Cl)sc1C. The molecule has 2 nitrogen and oxygen atoms in total. The molecule has 1 N–H and O–H groups in total. The van der Waals surface area contributed by atoms with Gasteiger partial charge in [-0.1, -0.05) is 29.3 Å². The molecule has 0 fully saturated rings. The van der Waals surface area contributed by atoms with E-state index in [1.165, 1.54) is 4.88 Å². The summed E-state index contributed by atoms with van der Waals surface area (Å²) in [6, 6.07) is 5.64. The van der Waals surface area contributed by atoms with Gasteiger partial charge in [-0.3, -0.25) is 0 Å². The average Bonchev–Trinajstić information content (AvgIpc) is 2.57. The van der Waals surface area contributed by atoms with Gasteiger partial charge in [-0.05, 0) is 38.5 Å². The third kappa shape index (κ3) is 2.97. The van der Waals surface area contributed by atoms with Crippen molar-refractivity contribution in [3.63, 3.8) is 0 Å². The fraction of sp³-hybridized carbons (Fsp3) is 0.308. The van der Waals surface area contributed by atoms with E-state index in [0.717, 1.165) is 16.4 Å². The van der Waals surface area contributed by atoms with Crippen molar-refractivity contribution < 1.29 is 0 Å². The van der Waals surface area contributed by atoms with E-state index in [0.29, 0.717) is 10.0 Å². The molecule has 1 atom stereocenters. The van der Waals surface area contributed by atoms with Crippen molar-refractivity contribution in [3.05, 3.63) is 44.4 Å². The van der Waals surface area contributed by atoms with Crippen LogP contribution in [0.15, 0.2) is 18.2 Å². The lowest BCUT2D eigenvalue weighted by molar-refractivity contribution is 0.880. The molecule has 1 unspecified atom stereocenters. The molecule has 0 amide bonds. The molecule has 0 saturated heterocycles. The van der Waals surface area contributed by atoms with Gasteiger partial charge in [0.2, 0.25) is 0 Å². The molecule has 0 saturated carbocycles. The molecule has 96 valence electrons. The maximum Gasteiger partial charge on any atom is 0.183 e. The summed E-state index contributed by atoms with van der Waals surface area (Å²) in [7, 11) is 0. The highest BCUT2D eigenvalue weighted by molar-refractivity contribution is 7.15. The number of rotatable bonds is 3. The zero-order valence-electron chi connectivity index (χ0n) is 10.4. The van der Waals surface area contributed by atoms with Crippen molar-refractivity contribution in [1.82, 2.24) is 4.98 Å². The van der Waals surface area contributed by atoms with E-state index in [1.54, 1.807) is 17.4 Å². The molecule has 1 aromatic heterocycles. The van der Waals surface area contributed by atoms with E-state index in [1.807, 2.05) is 19.1 Å².